The molecule has 4 nitrogen and oxygen atoms in total. The highest BCUT2D eigenvalue weighted by atomic mass is 32.2. The third kappa shape index (κ3) is 3.82. The minimum Gasteiger partial charge on any atom is -0.320 e. The van der Waals surface area contributed by atoms with Crippen LogP contribution in [0.4, 0.5) is 4.39 Å². The highest BCUT2D eigenvalue weighted by molar-refractivity contribution is 7.89. The van der Waals surface area contributed by atoms with Gasteiger partial charge in [-0.25, -0.2) is 17.5 Å². The summed E-state index contributed by atoms with van der Waals surface area (Å²) in [6.45, 7) is 2.15. The Kier molecular flexibility index (Phi) is 4.99. The standard InChI is InChI=1S/C15H19FN2O2S/c1-11-4-2-6-15(11)18-21(19,20)13-8-7-12(5-3-9-17)14(16)10-13/h7-8,10-11,15,18H,2,4,6,9,17H2,1H3. The molecule has 0 amide bonds. The molecule has 1 aliphatic rings. The van der Waals surface area contributed by atoms with Crippen LogP contribution < -0.4 is 10.5 Å². The normalized spacial score (nSPS) is 21.9. The summed E-state index contributed by atoms with van der Waals surface area (Å²) in [6, 6.07) is 3.66. The molecule has 1 aliphatic carbocycles. The second-order valence-corrected chi connectivity index (χ2v) is 7.00. The molecule has 1 fully saturated rings. The lowest BCUT2D eigenvalue weighted by Crippen LogP contribution is -2.36. The van der Waals surface area contributed by atoms with Crippen LogP contribution >= 0.6 is 0 Å². The Morgan fingerprint density at radius 2 is 2.19 bits per heavy atom. The molecule has 0 radical (unpaired) electrons. The SMILES string of the molecule is CC1CCCC1NS(=O)(=O)c1ccc(C#CCN)c(F)c1. The van der Waals surface area contributed by atoms with E-state index in [1.54, 1.807) is 0 Å². The van der Waals surface area contributed by atoms with Gasteiger partial charge in [-0.1, -0.05) is 25.2 Å². The van der Waals surface area contributed by atoms with E-state index in [1.165, 1.54) is 12.1 Å². The number of nitrogens with two attached hydrogens (primary N) is 1. The van der Waals surface area contributed by atoms with Gasteiger partial charge in [0.15, 0.2) is 0 Å². The fourth-order valence-electron chi connectivity index (χ4n) is 2.50. The van der Waals surface area contributed by atoms with Crippen LogP contribution in [0.15, 0.2) is 23.1 Å². The van der Waals surface area contributed by atoms with Crippen LogP contribution in [0, 0.1) is 23.6 Å². The minimum absolute atomic E-state index is 0.0719. The van der Waals surface area contributed by atoms with E-state index in [1.807, 2.05) is 6.92 Å². The van der Waals surface area contributed by atoms with Gasteiger partial charge in [-0.15, -0.1) is 0 Å². The quantitative estimate of drug-likeness (QED) is 0.833. The monoisotopic (exact) mass is 310 g/mol. The second kappa shape index (κ2) is 6.56. The van der Waals surface area contributed by atoms with E-state index in [-0.39, 0.29) is 23.0 Å². The van der Waals surface area contributed by atoms with Crippen LogP contribution in [-0.2, 0) is 10.0 Å². The van der Waals surface area contributed by atoms with E-state index < -0.39 is 15.8 Å². The van der Waals surface area contributed by atoms with Crippen molar-refractivity contribution in [2.75, 3.05) is 6.54 Å². The van der Waals surface area contributed by atoms with Crippen LogP contribution in [0.1, 0.15) is 31.7 Å². The summed E-state index contributed by atoms with van der Waals surface area (Å²) in [6.07, 6.45) is 2.84. The number of nitrogens with one attached hydrogen (secondary N) is 1. The molecule has 0 spiro atoms. The Hall–Kier alpha value is -1.42. The first kappa shape index (κ1) is 16.0. The average molecular weight is 310 g/mol. The summed E-state index contributed by atoms with van der Waals surface area (Å²) in [5.74, 6) is 4.76. The number of benzene rings is 1. The van der Waals surface area contributed by atoms with Crippen molar-refractivity contribution in [2.45, 2.75) is 37.1 Å². The maximum atomic E-state index is 13.9. The first-order valence-corrected chi connectivity index (χ1v) is 8.43. The van der Waals surface area contributed by atoms with Gasteiger partial charge in [-0.3, -0.25) is 0 Å². The molecule has 1 aromatic carbocycles. The smallest absolute Gasteiger partial charge is 0.240 e. The molecule has 0 aliphatic heterocycles. The van der Waals surface area contributed by atoms with Gasteiger partial charge in [0.05, 0.1) is 17.0 Å². The minimum atomic E-state index is -3.70. The maximum absolute atomic E-state index is 13.9. The predicted molar refractivity (Wildman–Crippen MR) is 79.5 cm³/mol. The lowest BCUT2D eigenvalue weighted by atomic mass is 10.1. The molecule has 0 aromatic heterocycles. The zero-order valence-electron chi connectivity index (χ0n) is 11.9. The summed E-state index contributed by atoms with van der Waals surface area (Å²) in [5, 5.41) is 0. The van der Waals surface area contributed by atoms with E-state index in [0.717, 1.165) is 25.3 Å². The van der Waals surface area contributed by atoms with Gasteiger partial charge in [0, 0.05) is 6.04 Å². The molecule has 0 saturated heterocycles. The summed E-state index contributed by atoms with van der Waals surface area (Å²) in [7, 11) is -3.70. The topological polar surface area (TPSA) is 72.2 Å². The molecule has 1 saturated carbocycles. The van der Waals surface area contributed by atoms with Crippen molar-refractivity contribution >= 4 is 10.0 Å². The van der Waals surface area contributed by atoms with Gasteiger partial charge < -0.3 is 5.73 Å². The number of hydrogen-bond acceptors (Lipinski definition) is 3. The van der Waals surface area contributed by atoms with Crippen molar-refractivity contribution in [2.24, 2.45) is 11.7 Å². The third-order valence-corrected chi connectivity index (χ3v) is 5.23. The Bertz CT molecular complexity index is 677. The third-order valence-electron chi connectivity index (χ3n) is 3.74. The number of halogens is 1. The molecule has 0 heterocycles. The van der Waals surface area contributed by atoms with Gasteiger partial charge >= 0.3 is 0 Å². The van der Waals surface area contributed by atoms with E-state index in [9.17, 15) is 12.8 Å². The maximum Gasteiger partial charge on any atom is 0.240 e. The average Bonchev–Trinajstić information content (AvgIpc) is 2.82. The van der Waals surface area contributed by atoms with Gasteiger partial charge in [-0.2, -0.15) is 0 Å². The van der Waals surface area contributed by atoms with Crippen molar-refractivity contribution in [3.8, 4) is 11.8 Å². The Morgan fingerprint density at radius 3 is 2.76 bits per heavy atom. The first-order chi connectivity index (χ1) is 9.94. The highest BCUT2D eigenvalue weighted by Crippen LogP contribution is 2.26. The molecular weight excluding hydrogens is 291 g/mol. The van der Waals surface area contributed by atoms with Crippen LogP contribution in [0.25, 0.3) is 0 Å². The molecule has 3 N–H and O–H groups in total. The zero-order valence-corrected chi connectivity index (χ0v) is 12.7. The molecule has 2 atom stereocenters. The zero-order chi connectivity index (χ0) is 15.5. The number of sulfonamides is 1. The van der Waals surface area contributed by atoms with Gasteiger partial charge in [-0.05, 0) is 37.0 Å². The Labute approximate surface area is 125 Å². The highest BCUT2D eigenvalue weighted by Gasteiger charge is 2.28. The summed E-state index contributed by atoms with van der Waals surface area (Å²) in [4.78, 5) is -0.0719. The molecular formula is C15H19FN2O2S. The Balaban J connectivity index is 2.22. The lowest BCUT2D eigenvalue weighted by molar-refractivity contribution is 0.476. The van der Waals surface area contributed by atoms with Gasteiger partial charge in [0.1, 0.15) is 5.82 Å². The van der Waals surface area contributed by atoms with Crippen LogP contribution in [0.3, 0.4) is 0 Å². The fraction of sp³-hybridized carbons (Fsp3) is 0.467. The summed E-state index contributed by atoms with van der Waals surface area (Å²) < 4.78 is 41.1. The van der Waals surface area contributed by atoms with Crippen LogP contribution in [-0.4, -0.2) is 21.0 Å². The summed E-state index contributed by atoms with van der Waals surface area (Å²) >= 11 is 0. The van der Waals surface area contributed by atoms with E-state index in [2.05, 4.69) is 16.6 Å². The van der Waals surface area contributed by atoms with Gasteiger partial charge in [0.2, 0.25) is 10.0 Å². The fourth-order valence-corrected chi connectivity index (χ4v) is 3.89. The molecule has 1 aromatic rings. The van der Waals surface area contributed by atoms with Crippen LogP contribution in [0.5, 0.6) is 0 Å². The van der Waals surface area contributed by atoms with Crippen LogP contribution in [0.2, 0.25) is 0 Å². The van der Waals surface area contributed by atoms with Crippen molar-refractivity contribution in [1.82, 2.24) is 4.72 Å². The molecule has 2 unspecified atom stereocenters. The van der Waals surface area contributed by atoms with Gasteiger partial charge in [0.25, 0.3) is 0 Å². The summed E-state index contributed by atoms with van der Waals surface area (Å²) in [5.41, 5.74) is 5.37. The lowest BCUT2D eigenvalue weighted by Gasteiger charge is -2.17. The number of rotatable bonds is 3. The second-order valence-electron chi connectivity index (χ2n) is 5.28. The van der Waals surface area contributed by atoms with E-state index in [4.69, 9.17) is 5.73 Å². The molecule has 2 rings (SSSR count). The molecule has 0 bridgehead atoms. The molecule has 114 valence electrons. The van der Waals surface area contributed by atoms with Crippen molar-refractivity contribution in [3.63, 3.8) is 0 Å². The van der Waals surface area contributed by atoms with E-state index in [0.29, 0.717) is 5.92 Å². The number of hydrogen-bond donors (Lipinski definition) is 2. The molecule has 6 heteroatoms. The predicted octanol–water partition coefficient (Wildman–Crippen LogP) is 1.60. The van der Waals surface area contributed by atoms with Crippen molar-refractivity contribution < 1.29 is 12.8 Å². The Morgan fingerprint density at radius 1 is 1.43 bits per heavy atom. The first-order valence-electron chi connectivity index (χ1n) is 6.95. The van der Waals surface area contributed by atoms with Crippen molar-refractivity contribution in [1.29, 1.82) is 0 Å². The van der Waals surface area contributed by atoms with Crippen molar-refractivity contribution in [3.05, 3.63) is 29.6 Å². The largest absolute Gasteiger partial charge is 0.320 e. The molecule has 21 heavy (non-hydrogen) atoms. The van der Waals surface area contributed by atoms with E-state index >= 15 is 0 Å².